The van der Waals surface area contributed by atoms with E-state index in [-0.39, 0.29) is 16.2 Å². The number of carbonyl (C=O) groups is 1. The lowest BCUT2D eigenvalue weighted by atomic mass is 9.94. The third kappa shape index (κ3) is 1.86. The lowest BCUT2D eigenvalue weighted by molar-refractivity contribution is -0.140. The van der Waals surface area contributed by atoms with Crippen LogP contribution in [0.2, 0.25) is 0 Å². The average Bonchev–Trinajstić information content (AvgIpc) is 3.00. The highest BCUT2D eigenvalue weighted by molar-refractivity contribution is 7.90. The van der Waals surface area contributed by atoms with Gasteiger partial charge >= 0.3 is 5.97 Å². The molecule has 0 aliphatic heterocycles. The Kier molecular flexibility index (Phi) is 2.66. The highest BCUT2D eigenvalue weighted by Crippen LogP contribution is 2.51. The summed E-state index contributed by atoms with van der Waals surface area (Å²) >= 11 is 0. The molecule has 0 aromatic heterocycles. The molecule has 1 aromatic carbocycles. The van der Waals surface area contributed by atoms with Gasteiger partial charge in [-0.1, -0.05) is 0 Å². The minimum absolute atomic E-state index is 0.00213. The summed E-state index contributed by atoms with van der Waals surface area (Å²) in [6.45, 7) is 1.58. The molecule has 1 aliphatic rings. The molecule has 1 fully saturated rings. The predicted molar refractivity (Wildman–Crippen MR) is 64.5 cm³/mol. The van der Waals surface area contributed by atoms with Gasteiger partial charge in [-0.05, 0) is 43.0 Å². The summed E-state index contributed by atoms with van der Waals surface area (Å²) in [4.78, 5) is 11.3. The largest absolute Gasteiger partial charge is 0.508 e. The molecule has 1 aliphatic carbocycles. The number of benzene rings is 1. The number of phenolic OH excluding ortho intramolecular Hbond substituents is 1. The fourth-order valence-electron chi connectivity index (χ4n) is 2.07. The van der Waals surface area contributed by atoms with Gasteiger partial charge in [-0.3, -0.25) is 4.79 Å². The van der Waals surface area contributed by atoms with Gasteiger partial charge in [0.15, 0.2) is 9.84 Å². The van der Waals surface area contributed by atoms with Crippen LogP contribution >= 0.6 is 0 Å². The molecule has 1 saturated carbocycles. The molecule has 0 saturated heterocycles. The van der Waals surface area contributed by atoms with Crippen LogP contribution < -0.4 is 0 Å². The first-order valence-electron chi connectivity index (χ1n) is 5.46. The van der Waals surface area contributed by atoms with Crippen LogP contribution in [0.4, 0.5) is 0 Å². The zero-order chi connectivity index (χ0) is 13.7. The standard InChI is InChI=1S/C12H14O5S/c1-7-5-10(18(2,16)17)8(6-9(7)13)12(3-4-12)11(14)15/h5-6,13H,3-4H2,1-2H3,(H,14,15). The third-order valence-corrected chi connectivity index (χ3v) is 4.51. The summed E-state index contributed by atoms with van der Waals surface area (Å²) < 4.78 is 23.5. The van der Waals surface area contributed by atoms with Crippen LogP contribution in [0.1, 0.15) is 24.0 Å². The fraction of sp³-hybridized carbons (Fsp3) is 0.417. The first-order chi connectivity index (χ1) is 8.18. The van der Waals surface area contributed by atoms with Crippen molar-refractivity contribution < 1.29 is 23.4 Å². The van der Waals surface area contributed by atoms with Gasteiger partial charge in [0.05, 0.1) is 10.3 Å². The molecular formula is C12H14O5S. The molecule has 6 heteroatoms. The predicted octanol–water partition coefficient (Wildman–Crippen LogP) is 1.22. The fourth-order valence-corrected chi connectivity index (χ4v) is 3.12. The molecule has 0 radical (unpaired) electrons. The maximum atomic E-state index is 11.7. The van der Waals surface area contributed by atoms with Gasteiger partial charge in [0, 0.05) is 6.26 Å². The summed E-state index contributed by atoms with van der Waals surface area (Å²) in [5, 5.41) is 18.9. The van der Waals surface area contributed by atoms with Gasteiger partial charge < -0.3 is 10.2 Å². The summed E-state index contributed by atoms with van der Waals surface area (Å²) in [6, 6.07) is 2.61. The van der Waals surface area contributed by atoms with Gasteiger partial charge in [0.2, 0.25) is 0 Å². The van der Waals surface area contributed by atoms with E-state index in [1.165, 1.54) is 12.1 Å². The van der Waals surface area contributed by atoms with Crippen LogP contribution in [-0.2, 0) is 20.0 Å². The van der Waals surface area contributed by atoms with E-state index in [1.807, 2.05) is 0 Å². The number of hydrogen-bond donors (Lipinski definition) is 2. The van der Waals surface area contributed by atoms with Crippen molar-refractivity contribution in [2.45, 2.75) is 30.1 Å². The third-order valence-electron chi connectivity index (χ3n) is 3.37. The minimum Gasteiger partial charge on any atom is -0.508 e. The Morgan fingerprint density at radius 2 is 1.89 bits per heavy atom. The molecule has 2 N–H and O–H groups in total. The van der Waals surface area contributed by atoms with Gasteiger partial charge in [-0.25, -0.2) is 8.42 Å². The second-order valence-corrected chi connectivity index (χ2v) is 6.78. The normalized spacial score (nSPS) is 17.4. The van der Waals surface area contributed by atoms with Crippen molar-refractivity contribution in [2.24, 2.45) is 0 Å². The van der Waals surface area contributed by atoms with Crippen molar-refractivity contribution in [3.8, 4) is 5.75 Å². The molecule has 0 unspecified atom stereocenters. The second-order valence-electron chi connectivity index (χ2n) is 4.79. The highest BCUT2D eigenvalue weighted by Gasteiger charge is 2.53. The van der Waals surface area contributed by atoms with Crippen molar-refractivity contribution in [1.29, 1.82) is 0 Å². The van der Waals surface area contributed by atoms with Gasteiger partial charge in [-0.2, -0.15) is 0 Å². The van der Waals surface area contributed by atoms with Gasteiger partial charge in [0.25, 0.3) is 0 Å². The maximum Gasteiger partial charge on any atom is 0.314 e. The summed E-state index contributed by atoms with van der Waals surface area (Å²) in [7, 11) is -3.52. The Morgan fingerprint density at radius 1 is 1.33 bits per heavy atom. The first-order valence-corrected chi connectivity index (χ1v) is 7.35. The number of carboxylic acids is 1. The van der Waals surface area contributed by atoms with Crippen LogP contribution in [0, 0.1) is 6.92 Å². The SMILES string of the molecule is Cc1cc(S(C)(=O)=O)c(C2(C(=O)O)CC2)cc1O. The monoisotopic (exact) mass is 270 g/mol. The molecule has 0 bridgehead atoms. The van der Waals surface area contributed by atoms with E-state index >= 15 is 0 Å². The number of rotatable bonds is 3. The van der Waals surface area contributed by atoms with Crippen molar-refractivity contribution in [2.75, 3.05) is 6.26 Å². The lowest BCUT2D eigenvalue weighted by Crippen LogP contribution is -2.22. The number of phenols is 1. The number of sulfone groups is 1. The number of aromatic hydroxyl groups is 1. The van der Waals surface area contributed by atoms with Crippen molar-refractivity contribution in [3.63, 3.8) is 0 Å². The number of aliphatic carboxylic acids is 1. The van der Waals surface area contributed by atoms with Crippen molar-refractivity contribution in [1.82, 2.24) is 0 Å². The van der Waals surface area contributed by atoms with E-state index in [0.717, 1.165) is 6.26 Å². The van der Waals surface area contributed by atoms with Gasteiger partial charge in [-0.15, -0.1) is 0 Å². The van der Waals surface area contributed by atoms with E-state index < -0.39 is 21.2 Å². The average molecular weight is 270 g/mol. The molecule has 0 heterocycles. The topological polar surface area (TPSA) is 91.7 Å². The van der Waals surface area contributed by atoms with Crippen LogP contribution in [0.5, 0.6) is 5.75 Å². The molecule has 2 rings (SSSR count). The Morgan fingerprint density at radius 3 is 2.28 bits per heavy atom. The second kappa shape index (κ2) is 3.71. The van der Waals surface area contributed by atoms with E-state index in [2.05, 4.69) is 0 Å². The Balaban J connectivity index is 2.75. The number of hydrogen-bond acceptors (Lipinski definition) is 4. The van der Waals surface area contributed by atoms with Crippen LogP contribution in [0.25, 0.3) is 0 Å². The van der Waals surface area contributed by atoms with E-state index in [0.29, 0.717) is 18.4 Å². The molecule has 1 aromatic rings. The number of carboxylic acid groups (broad SMARTS) is 1. The Hall–Kier alpha value is -1.56. The number of aryl methyl sites for hydroxylation is 1. The maximum absolute atomic E-state index is 11.7. The van der Waals surface area contributed by atoms with Crippen molar-refractivity contribution in [3.05, 3.63) is 23.3 Å². The smallest absolute Gasteiger partial charge is 0.314 e. The summed E-state index contributed by atoms with van der Waals surface area (Å²) in [5.41, 5.74) is -0.537. The molecular weight excluding hydrogens is 256 g/mol. The molecule has 0 spiro atoms. The molecule has 5 nitrogen and oxygen atoms in total. The summed E-state index contributed by atoms with van der Waals surface area (Å²) in [5.74, 6) is -1.12. The quantitative estimate of drug-likeness (QED) is 0.861. The molecule has 0 amide bonds. The first kappa shape index (κ1) is 12.9. The highest BCUT2D eigenvalue weighted by atomic mass is 32.2. The minimum atomic E-state index is -3.52. The zero-order valence-electron chi connectivity index (χ0n) is 10.1. The molecule has 0 atom stereocenters. The van der Waals surface area contributed by atoms with Crippen LogP contribution in [0.3, 0.4) is 0 Å². The van der Waals surface area contributed by atoms with Crippen molar-refractivity contribution >= 4 is 15.8 Å². The zero-order valence-corrected chi connectivity index (χ0v) is 10.9. The lowest BCUT2D eigenvalue weighted by Gasteiger charge is -2.16. The molecule has 18 heavy (non-hydrogen) atoms. The van der Waals surface area contributed by atoms with Crippen LogP contribution in [-0.4, -0.2) is 30.9 Å². The van der Waals surface area contributed by atoms with E-state index in [1.54, 1.807) is 6.92 Å². The van der Waals surface area contributed by atoms with E-state index in [4.69, 9.17) is 0 Å². The van der Waals surface area contributed by atoms with Crippen LogP contribution in [0.15, 0.2) is 17.0 Å². The summed E-state index contributed by atoms with van der Waals surface area (Å²) in [6.07, 6.45) is 1.83. The Labute approximate surface area is 105 Å². The Bertz CT molecular complexity index is 626. The molecule has 98 valence electrons. The van der Waals surface area contributed by atoms with E-state index in [9.17, 15) is 23.4 Å². The van der Waals surface area contributed by atoms with Gasteiger partial charge in [0.1, 0.15) is 5.75 Å².